The van der Waals surface area contributed by atoms with Crippen LogP contribution in [0.5, 0.6) is 0 Å². The van der Waals surface area contributed by atoms with Crippen LogP contribution in [0.1, 0.15) is 67.1 Å². The van der Waals surface area contributed by atoms with Crippen molar-refractivity contribution in [1.29, 1.82) is 0 Å². The minimum absolute atomic E-state index is 0. The summed E-state index contributed by atoms with van der Waals surface area (Å²) in [6, 6.07) is 0. The molecule has 1 rings (SSSR count). The van der Waals surface area contributed by atoms with Gasteiger partial charge in [-0.25, -0.2) is 4.79 Å². The van der Waals surface area contributed by atoms with E-state index in [0.717, 1.165) is 0 Å². The summed E-state index contributed by atoms with van der Waals surface area (Å²) in [5, 5.41) is 13.1. The highest BCUT2D eigenvalue weighted by Gasteiger charge is 2.25. The molecule has 162 valence electrons. The van der Waals surface area contributed by atoms with Crippen molar-refractivity contribution in [3.8, 4) is 0 Å². The van der Waals surface area contributed by atoms with Crippen molar-refractivity contribution in [3.63, 3.8) is 0 Å². The molecule has 0 fully saturated rings. The summed E-state index contributed by atoms with van der Waals surface area (Å²) in [7, 11) is 1.67. The lowest BCUT2D eigenvalue weighted by Crippen LogP contribution is -2.54. The third-order valence-corrected chi connectivity index (χ3v) is 3.28. The lowest BCUT2D eigenvalue weighted by molar-refractivity contribution is 0.0474. The van der Waals surface area contributed by atoms with E-state index in [1.807, 2.05) is 55.4 Å². The molecule has 0 aliphatic carbocycles. The number of ether oxygens (including phenoxy) is 1. The van der Waals surface area contributed by atoms with E-state index in [9.17, 15) is 4.79 Å². The van der Waals surface area contributed by atoms with Gasteiger partial charge in [-0.1, -0.05) is 25.9 Å². The largest absolute Gasteiger partial charge is 0.444 e. The van der Waals surface area contributed by atoms with E-state index in [1.54, 1.807) is 7.05 Å². The van der Waals surface area contributed by atoms with Gasteiger partial charge in [-0.3, -0.25) is 4.99 Å². The van der Waals surface area contributed by atoms with E-state index in [2.05, 4.69) is 31.1 Å². The first-order valence-electron chi connectivity index (χ1n) is 9.00. The molecule has 0 aromatic carbocycles. The molecule has 10 heteroatoms. The van der Waals surface area contributed by atoms with E-state index in [4.69, 9.17) is 9.26 Å². The summed E-state index contributed by atoms with van der Waals surface area (Å²) in [5.41, 5.74) is -1.27. The lowest BCUT2D eigenvalue weighted by Gasteiger charge is -2.29. The summed E-state index contributed by atoms with van der Waals surface area (Å²) < 4.78 is 10.6. The van der Waals surface area contributed by atoms with E-state index in [0.29, 0.717) is 30.8 Å². The number of alkyl carbamates (subject to hydrolysis) is 1. The van der Waals surface area contributed by atoms with Crippen LogP contribution >= 0.6 is 24.0 Å². The average molecular weight is 510 g/mol. The van der Waals surface area contributed by atoms with Crippen molar-refractivity contribution in [2.45, 2.75) is 78.5 Å². The lowest BCUT2D eigenvalue weighted by atomic mass is 9.97. The van der Waals surface area contributed by atoms with Crippen molar-refractivity contribution >= 4 is 36.0 Å². The van der Waals surface area contributed by atoms with Crippen LogP contribution in [0.2, 0.25) is 0 Å². The zero-order chi connectivity index (χ0) is 20.9. The summed E-state index contributed by atoms with van der Waals surface area (Å²) in [5.74, 6) is 1.70. The third-order valence-electron chi connectivity index (χ3n) is 3.28. The third kappa shape index (κ3) is 10.1. The Kier molecular flexibility index (Phi) is 9.68. The maximum Gasteiger partial charge on any atom is 0.408 e. The van der Waals surface area contributed by atoms with Gasteiger partial charge in [0.25, 0.3) is 0 Å². The smallest absolute Gasteiger partial charge is 0.408 e. The molecule has 1 amide bonds. The van der Waals surface area contributed by atoms with Crippen LogP contribution in [0.3, 0.4) is 0 Å². The Morgan fingerprint density at radius 2 is 1.71 bits per heavy atom. The molecule has 28 heavy (non-hydrogen) atoms. The second kappa shape index (κ2) is 10.3. The van der Waals surface area contributed by atoms with Gasteiger partial charge in [0.05, 0.1) is 12.1 Å². The zero-order valence-corrected chi connectivity index (χ0v) is 20.7. The van der Waals surface area contributed by atoms with Gasteiger partial charge in [-0.2, -0.15) is 4.98 Å². The van der Waals surface area contributed by atoms with Crippen LogP contribution in [-0.2, 0) is 16.7 Å². The van der Waals surface area contributed by atoms with Crippen molar-refractivity contribution in [2.75, 3.05) is 13.6 Å². The van der Waals surface area contributed by atoms with Crippen LogP contribution in [-0.4, -0.2) is 46.9 Å². The standard InChI is InChI=1S/C18H34N6O3.HI/c1-16(2,3)13-22-12(24-27-13)10-20-14(19-9)21-11-18(7,8)23-15(25)26-17(4,5)6;/h10-11H2,1-9H3,(H,23,25)(H2,19,20,21);1H. The molecule has 0 spiro atoms. The fourth-order valence-corrected chi connectivity index (χ4v) is 1.94. The number of hydrogen-bond donors (Lipinski definition) is 3. The Hall–Kier alpha value is -1.59. The van der Waals surface area contributed by atoms with Gasteiger partial charge in [0.15, 0.2) is 11.8 Å². The van der Waals surface area contributed by atoms with Gasteiger partial charge >= 0.3 is 6.09 Å². The monoisotopic (exact) mass is 510 g/mol. The number of carbonyl (C=O) groups excluding carboxylic acids is 1. The second-order valence-electron chi connectivity index (χ2n) is 9.06. The summed E-state index contributed by atoms with van der Waals surface area (Å²) in [6.07, 6.45) is -0.459. The predicted octanol–water partition coefficient (Wildman–Crippen LogP) is 2.95. The van der Waals surface area contributed by atoms with E-state index < -0.39 is 17.2 Å². The molecular formula is C18H35IN6O3. The van der Waals surface area contributed by atoms with Gasteiger partial charge < -0.3 is 25.2 Å². The Morgan fingerprint density at radius 3 is 2.18 bits per heavy atom. The summed E-state index contributed by atoms with van der Waals surface area (Å²) >= 11 is 0. The number of guanidine groups is 1. The van der Waals surface area contributed by atoms with Gasteiger partial charge in [-0.05, 0) is 34.6 Å². The molecule has 1 aromatic heterocycles. The summed E-state index contributed by atoms with van der Waals surface area (Å²) in [4.78, 5) is 20.5. The van der Waals surface area contributed by atoms with Crippen LogP contribution < -0.4 is 16.0 Å². The second-order valence-corrected chi connectivity index (χ2v) is 9.06. The molecule has 0 bridgehead atoms. The molecule has 0 atom stereocenters. The highest BCUT2D eigenvalue weighted by molar-refractivity contribution is 14.0. The SMILES string of the molecule is CN=C(NCc1noc(C(C)(C)C)n1)NCC(C)(C)NC(=O)OC(C)(C)C.I. The average Bonchev–Trinajstić information content (AvgIpc) is 2.93. The molecule has 1 aromatic rings. The Bertz CT molecular complexity index is 659. The van der Waals surface area contributed by atoms with Crippen LogP contribution in [0.4, 0.5) is 4.79 Å². The highest BCUT2D eigenvalue weighted by atomic mass is 127. The van der Waals surface area contributed by atoms with Crippen molar-refractivity contribution in [2.24, 2.45) is 4.99 Å². The zero-order valence-electron chi connectivity index (χ0n) is 18.4. The molecule has 9 nitrogen and oxygen atoms in total. The fourth-order valence-electron chi connectivity index (χ4n) is 1.94. The first kappa shape index (κ1) is 26.4. The molecule has 0 aliphatic heterocycles. The predicted molar refractivity (Wildman–Crippen MR) is 120 cm³/mol. The van der Waals surface area contributed by atoms with Crippen molar-refractivity contribution in [3.05, 3.63) is 11.7 Å². The number of amides is 1. The van der Waals surface area contributed by atoms with E-state index >= 15 is 0 Å². The fraction of sp³-hybridized carbons (Fsp3) is 0.778. The first-order chi connectivity index (χ1) is 12.2. The number of hydrogen-bond acceptors (Lipinski definition) is 6. The maximum absolute atomic E-state index is 11.9. The highest BCUT2D eigenvalue weighted by Crippen LogP contribution is 2.19. The molecule has 0 radical (unpaired) electrons. The Morgan fingerprint density at radius 1 is 1.11 bits per heavy atom. The summed E-state index contributed by atoms with van der Waals surface area (Å²) in [6.45, 7) is 16.1. The number of aliphatic imine (C=N–C) groups is 1. The molecule has 3 N–H and O–H groups in total. The van der Waals surface area contributed by atoms with Gasteiger partial charge in [0.2, 0.25) is 5.89 Å². The molecule has 0 saturated carbocycles. The van der Waals surface area contributed by atoms with Crippen molar-refractivity contribution in [1.82, 2.24) is 26.1 Å². The van der Waals surface area contributed by atoms with Crippen LogP contribution in [0, 0.1) is 0 Å². The molecule has 0 aliphatic rings. The van der Waals surface area contributed by atoms with Gasteiger partial charge in [0.1, 0.15) is 5.60 Å². The molecule has 1 heterocycles. The number of rotatable bonds is 5. The van der Waals surface area contributed by atoms with E-state index in [-0.39, 0.29) is 29.4 Å². The quantitative estimate of drug-likeness (QED) is 0.317. The number of carbonyl (C=O) groups is 1. The maximum atomic E-state index is 11.9. The molecule has 0 unspecified atom stereocenters. The van der Waals surface area contributed by atoms with Gasteiger partial charge in [0, 0.05) is 19.0 Å². The molecule has 0 saturated heterocycles. The normalized spacial score (nSPS) is 12.8. The molecular weight excluding hydrogens is 475 g/mol. The minimum atomic E-state index is -0.540. The number of nitrogens with one attached hydrogen (secondary N) is 3. The first-order valence-corrected chi connectivity index (χ1v) is 9.00. The number of halogens is 1. The van der Waals surface area contributed by atoms with Crippen molar-refractivity contribution < 1.29 is 14.1 Å². The van der Waals surface area contributed by atoms with Crippen LogP contribution in [0.15, 0.2) is 9.52 Å². The number of aromatic nitrogens is 2. The topological polar surface area (TPSA) is 114 Å². The minimum Gasteiger partial charge on any atom is -0.444 e. The van der Waals surface area contributed by atoms with Crippen LogP contribution in [0.25, 0.3) is 0 Å². The van der Waals surface area contributed by atoms with E-state index in [1.165, 1.54) is 0 Å². The van der Waals surface area contributed by atoms with Gasteiger partial charge in [-0.15, -0.1) is 24.0 Å². The number of nitrogens with zero attached hydrogens (tertiary/aromatic N) is 3. The Labute approximate surface area is 184 Å². The Balaban J connectivity index is 0.00000729.